The van der Waals surface area contributed by atoms with Crippen LogP contribution in [0.15, 0.2) is 79.3 Å². The number of thiocarbonyl (C=S) groups is 1. The number of aromatic nitrogens is 3. The van der Waals surface area contributed by atoms with E-state index in [1.165, 1.54) is 12.1 Å². The van der Waals surface area contributed by atoms with Crippen molar-refractivity contribution in [3.8, 4) is 11.3 Å². The molecule has 0 atom stereocenters. The summed E-state index contributed by atoms with van der Waals surface area (Å²) in [5.74, 6) is 0. The van der Waals surface area contributed by atoms with E-state index >= 15 is 0 Å². The van der Waals surface area contributed by atoms with Gasteiger partial charge in [-0.2, -0.15) is 13.2 Å². The van der Waals surface area contributed by atoms with Crippen molar-refractivity contribution < 1.29 is 13.2 Å². The lowest BCUT2D eigenvalue weighted by Crippen LogP contribution is -2.19. The summed E-state index contributed by atoms with van der Waals surface area (Å²) < 4.78 is 39.6. The van der Waals surface area contributed by atoms with Crippen molar-refractivity contribution in [2.75, 3.05) is 16.0 Å². The molecule has 0 saturated carbocycles. The fourth-order valence-corrected chi connectivity index (χ4v) is 4.36. The molecule has 5 rings (SSSR count). The second kappa shape index (κ2) is 10.3. The van der Waals surface area contributed by atoms with Gasteiger partial charge in [-0.05, 0) is 79.3 Å². The lowest BCUT2D eigenvalue weighted by Gasteiger charge is -2.16. The standard InChI is InChI=1S/C27H20ClF3N6S/c1-15-4-5-18(35-26(38)34-17-6-7-21(28)20(11-17)27(29,30)31)12-22(15)36-24-13-23(16-3-2-9-32-14-16)37-25-19(24)8-10-33-25/h2-14H,1H3,(H2,33,36,37)(H2,34,35,38). The van der Waals surface area contributed by atoms with Gasteiger partial charge in [-0.1, -0.05) is 17.7 Å². The fraction of sp³-hybridized carbons (Fsp3) is 0.0741. The Labute approximate surface area is 226 Å². The molecule has 0 bridgehead atoms. The number of aromatic amines is 1. The number of benzene rings is 2. The van der Waals surface area contributed by atoms with Gasteiger partial charge in [0.25, 0.3) is 0 Å². The molecule has 11 heteroatoms. The number of pyridine rings is 2. The number of aryl methyl sites for hydroxylation is 1. The first-order chi connectivity index (χ1) is 18.2. The first-order valence-electron chi connectivity index (χ1n) is 11.4. The van der Waals surface area contributed by atoms with Crippen LogP contribution in [0.3, 0.4) is 0 Å². The highest BCUT2D eigenvalue weighted by Crippen LogP contribution is 2.36. The average Bonchev–Trinajstić information content (AvgIpc) is 3.36. The van der Waals surface area contributed by atoms with E-state index in [1.807, 2.05) is 55.6 Å². The highest BCUT2D eigenvalue weighted by molar-refractivity contribution is 7.80. The summed E-state index contributed by atoms with van der Waals surface area (Å²) >= 11 is 11.0. The summed E-state index contributed by atoms with van der Waals surface area (Å²) in [6.07, 6.45) is 0.712. The summed E-state index contributed by atoms with van der Waals surface area (Å²) in [4.78, 5) is 12.0. The van der Waals surface area contributed by atoms with Crippen LogP contribution in [0.25, 0.3) is 22.3 Å². The number of anilines is 4. The van der Waals surface area contributed by atoms with Crippen LogP contribution in [0.5, 0.6) is 0 Å². The van der Waals surface area contributed by atoms with Crippen molar-refractivity contribution in [2.24, 2.45) is 0 Å². The number of H-pyrrole nitrogens is 1. The van der Waals surface area contributed by atoms with Crippen molar-refractivity contribution in [3.63, 3.8) is 0 Å². The highest BCUT2D eigenvalue weighted by atomic mass is 35.5. The largest absolute Gasteiger partial charge is 0.417 e. The van der Waals surface area contributed by atoms with Crippen LogP contribution in [0.1, 0.15) is 11.1 Å². The SMILES string of the molecule is Cc1ccc(NC(=S)Nc2ccc(Cl)c(C(F)(F)F)c2)cc1Nc1cc(-c2cccnc2)nc2[nH]ccc12. The van der Waals surface area contributed by atoms with Gasteiger partial charge in [-0.25, -0.2) is 4.98 Å². The molecule has 4 N–H and O–H groups in total. The normalized spacial score (nSPS) is 11.4. The van der Waals surface area contributed by atoms with E-state index in [2.05, 4.69) is 25.9 Å². The molecule has 192 valence electrons. The van der Waals surface area contributed by atoms with Gasteiger partial charge in [-0.15, -0.1) is 0 Å². The van der Waals surface area contributed by atoms with Gasteiger partial charge in [0.2, 0.25) is 0 Å². The molecule has 5 aromatic rings. The maximum Gasteiger partial charge on any atom is 0.417 e. The zero-order valence-corrected chi connectivity index (χ0v) is 21.4. The second-order valence-electron chi connectivity index (χ2n) is 8.46. The molecule has 2 aromatic carbocycles. The molecule has 0 saturated heterocycles. The van der Waals surface area contributed by atoms with E-state index in [0.717, 1.165) is 45.3 Å². The Balaban J connectivity index is 1.38. The summed E-state index contributed by atoms with van der Waals surface area (Å²) in [5.41, 5.74) is 4.88. The molecule has 0 aliphatic carbocycles. The van der Waals surface area contributed by atoms with E-state index in [0.29, 0.717) is 5.69 Å². The molecular weight excluding hydrogens is 533 g/mol. The summed E-state index contributed by atoms with van der Waals surface area (Å²) in [5, 5.41) is 9.95. The van der Waals surface area contributed by atoms with E-state index in [1.54, 1.807) is 12.4 Å². The van der Waals surface area contributed by atoms with E-state index in [4.69, 9.17) is 28.8 Å². The molecule has 3 heterocycles. The minimum atomic E-state index is -4.57. The molecule has 0 radical (unpaired) electrons. The van der Waals surface area contributed by atoms with Gasteiger partial charge in [0.1, 0.15) is 5.65 Å². The van der Waals surface area contributed by atoms with Crippen molar-refractivity contribution in [2.45, 2.75) is 13.1 Å². The zero-order chi connectivity index (χ0) is 26.9. The molecule has 38 heavy (non-hydrogen) atoms. The number of hydrogen-bond acceptors (Lipinski definition) is 4. The van der Waals surface area contributed by atoms with Crippen LogP contribution in [-0.4, -0.2) is 20.1 Å². The van der Waals surface area contributed by atoms with E-state index in [-0.39, 0.29) is 15.8 Å². The lowest BCUT2D eigenvalue weighted by molar-refractivity contribution is -0.137. The number of alkyl halides is 3. The summed E-state index contributed by atoms with van der Waals surface area (Å²) in [7, 11) is 0. The molecular formula is C27H20ClF3N6S. The molecule has 0 fully saturated rings. The monoisotopic (exact) mass is 552 g/mol. The van der Waals surface area contributed by atoms with Crippen molar-refractivity contribution in [3.05, 3.63) is 95.4 Å². The van der Waals surface area contributed by atoms with Gasteiger partial charge >= 0.3 is 6.18 Å². The third kappa shape index (κ3) is 5.56. The lowest BCUT2D eigenvalue weighted by atomic mass is 10.1. The average molecular weight is 553 g/mol. The van der Waals surface area contributed by atoms with Crippen LogP contribution >= 0.6 is 23.8 Å². The molecule has 0 unspecified atom stereocenters. The molecule has 0 aliphatic heterocycles. The Morgan fingerprint density at radius 2 is 1.74 bits per heavy atom. The number of halogens is 4. The molecule has 0 aliphatic rings. The highest BCUT2D eigenvalue weighted by Gasteiger charge is 2.33. The Hall–Kier alpha value is -4.15. The first kappa shape index (κ1) is 25.5. The van der Waals surface area contributed by atoms with Crippen molar-refractivity contribution >= 4 is 62.7 Å². The Morgan fingerprint density at radius 1 is 0.974 bits per heavy atom. The number of nitrogens with one attached hydrogen (secondary N) is 4. The number of hydrogen-bond donors (Lipinski definition) is 4. The second-order valence-corrected chi connectivity index (χ2v) is 9.28. The number of nitrogens with zero attached hydrogens (tertiary/aromatic N) is 2. The van der Waals surface area contributed by atoms with Crippen LogP contribution in [0, 0.1) is 6.92 Å². The minimum Gasteiger partial charge on any atom is -0.355 e. The maximum absolute atomic E-state index is 13.2. The first-order valence-corrected chi connectivity index (χ1v) is 12.2. The van der Waals surface area contributed by atoms with Crippen molar-refractivity contribution in [1.82, 2.24) is 15.0 Å². The van der Waals surface area contributed by atoms with Crippen LogP contribution in [0.2, 0.25) is 5.02 Å². The zero-order valence-electron chi connectivity index (χ0n) is 19.8. The quantitative estimate of drug-likeness (QED) is 0.165. The Morgan fingerprint density at radius 3 is 2.47 bits per heavy atom. The van der Waals surface area contributed by atoms with E-state index in [9.17, 15) is 13.2 Å². The van der Waals surface area contributed by atoms with Gasteiger partial charge in [0, 0.05) is 46.6 Å². The van der Waals surface area contributed by atoms with Gasteiger partial charge in [0.15, 0.2) is 5.11 Å². The van der Waals surface area contributed by atoms with Gasteiger partial charge in [-0.3, -0.25) is 4.98 Å². The Bertz CT molecular complexity index is 1640. The third-order valence-corrected chi connectivity index (χ3v) is 6.31. The van der Waals surface area contributed by atoms with Crippen LogP contribution in [0.4, 0.5) is 35.9 Å². The number of fused-ring (bicyclic) bond motifs is 1. The maximum atomic E-state index is 13.2. The molecule has 0 spiro atoms. The summed E-state index contributed by atoms with van der Waals surface area (Å²) in [6.45, 7) is 1.96. The number of rotatable bonds is 5. The predicted octanol–water partition coefficient (Wildman–Crippen LogP) is 8.16. The fourth-order valence-electron chi connectivity index (χ4n) is 3.90. The third-order valence-electron chi connectivity index (χ3n) is 5.78. The van der Waals surface area contributed by atoms with Crippen molar-refractivity contribution in [1.29, 1.82) is 0 Å². The van der Waals surface area contributed by atoms with E-state index < -0.39 is 11.7 Å². The topological polar surface area (TPSA) is 77.7 Å². The molecule has 0 amide bonds. The molecule has 3 aromatic heterocycles. The van der Waals surface area contributed by atoms with Crippen LogP contribution < -0.4 is 16.0 Å². The van der Waals surface area contributed by atoms with Gasteiger partial charge < -0.3 is 20.9 Å². The van der Waals surface area contributed by atoms with Crippen LogP contribution in [-0.2, 0) is 6.18 Å². The minimum absolute atomic E-state index is 0.131. The van der Waals surface area contributed by atoms with Gasteiger partial charge in [0.05, 0.1) is 22.0 Å². The smallest absolute Gasteiger partial charge is 0.355 e. The predicted molar refractivity (Wildman–Crippen MR) is 150 cm³/mol. The Kier molecular flexibility index (Phi) is 6.92. The molecule has 6 nitrogen and oxygen atoms in total. The summed E-state index contributed by atoms with van der Waals surface area (Å²) in [6, 6.07) is 16.8.